The Morgan fingerprint density at radius 1 is 1.45 bits per heavy atom. The van der Waals surface area contributed by atoms with Crippen LogP contribution in [0.5, 0.6) is 11.6 Å². The van der Waals surface area contributed by atoms with Gasteiger partial charge in [-0.2, -0.15) is 4.98 Å². The van der Waals surface area contributed by atoms with Gasteiger partial charge in [0.15, 0.2) is 0 Å². The van der Waals surface area contributed by atoms with Crippen molar-refractivity contribution in [1.29, 1.82) is 0 Å². The Morgan fingerprint density at radius 2 is 2.20 bits per heavy atom. The molecule has 1 heterocycles. The third-order valence-electron chi connectivity index (χ3n) is 2.31. The summed E-state index contributed by atoms with van der Waals surface area (Å²) >= 11 is 5.92. The van der Waals surface area contributed by atoms with Gasteiger partial charge in [-0.05, 0) is 13.0 Å². The van der Waals surface area contributed by atoms with Crippen molar-refractivity contribution in [2.24, 2.45) is 5.84 Å². The molecule has 2 rings (SSSR count). The fourth-order valence-corrected chi connectivity index (χ4v) is 1.71. The highest BCUT2D eigenvalue weighted by Gasteiger charge is 2.19. The molecule has 0 fully saturated rings. The van der Waals surface area contributed by atoms with Crippen molar-refractivity contribution in [3.8, 4) is 11.6 Å². The number of anilines is 1. The number of nitro benzene ring substituents is 1. The van der Waals surface area contributed by atoms with Crippen LogP contribution in [0.25, 0.3) is 0 Å². The maximum absolute atomic E-state index is 11.0. The van der Waals surface area contributed by atoms with E-state index in [1.54, 1.807) is 6.92 Å². The lowest BCUT2D eigenvalue weighted by molar-refractivity contribution is -0.385. The molecule has 0 bridgehead atoms. The normalized spacial score (nSPS) is 10.2. The molecule has 8 nitrogen and oxygen atoms in total. The SMILES string of the molecule is Cc1cc(Oc2c(Cl)cccc2[N+](=O)[O-])nc(NN)n1. The van der Waals surface area contributed by atoms with Crippen LogP contribution in [0, 0.1) is 17.0 Å². The molecule has 0 aliphatic rings. The highest BCUT2D eigenvalue weighted by atomic mass is 35.5. The van der Waals surface area contributed by atoms with Crippen LogP contribution in [0.3, 0.4) is 0 Å². The number of ether oxygens (including phenoxy) is 1. The number of nitrogen functional groups attached to an aromatic ring is 1. The predicted molar refractivity (Wildman–Crippen MR) is 72.8 cm³/mol. The minimum atomic E-state index is -0.586. The summed E-state index contributed by atoms with van der Waals surface area (Å²) in [5, 5.41) is 11.1. The number of halogens is 1. The highest BCUT2D eigenvalue weighted by Crippen LogP contribution is 2.37. The van der Waals surface area contributed by atoms with E-state index in [9.17, 15) is 10.1 Å². The number of aryl methyl sites for hydroxylation is 1. The zero-order valence-electron chi connectivity index (χ0n) is 10.3. The zero-order chi connectivity index (χ0) is 14.7. The van der Waals surface area contributed by atoms with Gasteiger partial charge in [-0.3, -0.25) is 15.5 Å². The summed E-state index contributed by atoms with van der Waals surface area (Å²) in [5.74, 6) is 5.37. The standard InChI is InChI=1S/C11H10ClN5O3/c1-6-5-9(15-11(14-6)16-13)20-10-7(12)3-2-4-8(10)17(18)19/h2-5H,13H2,1H3,(H,14,15,16). The van der Waals surface area contributed by atoms with Gasteiger partial charge < -0.3 is 4.74 Å². The molecule has 9 heteroatoms. The first-order chi connectivity index (χ1) is 9.51. The van der Waals surface area contributed by atoms with E-state index in [0.29, 0.717) is 5.69 Å². The third kappa shape index (κ3) is 2.92. The van der Waals surface area contributed by atoms with Gasteiger partial charge in [-0.15, -0.1) is 0 Å². The lowest BCUT2D eigenvalue weighted by Crippen LogP contribution is -2.11. The Hall–Kier alpha value is -2.45. The second-order valence-electron chi connectivity index (χ2n) is 3.76. The molecule has 0 atom stereocenters. The van der Waals surface area contributed by atoms with E-state index < -0.39 is 4.92 Å². The van der Waals surface area contributed by atoms with Crippen LogP contribution >= 0.6 is 11.6 Å². The summed E-state index contributed by atoms with van der Waals surface area (Å²) in [6.45, 7) is 1.70. The summed E-state index contributed by atoms with van der Waals surface area (Å²) < 4.78 is 5.40. The Bertz CT molecular complexity index is 665. The predicted octanol–water partition coefficient (Wildman–Crippen LogP) is 2.42. The summed E-state index contributed by atoms with van der Waals surface area (Å²) in [6.07, 6.45) is 0. The van der Waals surface area contributed by atoms with E-state index in [1.807, 2.05) is 0 Å². The number of nitrogens with two attached hydrogens (primary N) is 1. The third-order valence-corrected chi connectivity index (χ3v) is 2.61. The van der Waals surface area contributed by atoms with Crippen LogP contribution in [-0.4, -0.2) is 14.9 Å². The number of nitrogens with zero attached hydrogens (tertiary/aromatic N) is 3. The van der Waals surface area contributed by atoms with Gasteiger partial charge in [-0.25, -0.2) is 10.8 Å². The lowest BCUT2D eigenvalue weighted by atomic mass is 10.3. The number of nitro groups is 1. The topological polar surface area (TPSA) is 116 Å². The Balaban J connectivity index is 2.44. The van der Waals surface area contributed by atoms with Gasteiger partial charge in [-0.1, -0.05) is 17.7 Å². The van der Waals surface area contributed by atoms with E-state index in [0.717, 1.165) is 0 Å². The first kappa shape index (κ1) is 14.0. The number of aromatic nitrogens is 2. The van der Waals surface area contributed by atoms with E-state index in [4.69, 9.17) is 22.2 Å². The number of hydrazine groups is 1. The Labute approximate surface area is 118 Å². The fraction of sp³-hybridized carbons (Fsp3) is 0.0909. The van der Waals surface area contributed by atoms with Crippen LogP contribution in [0.4, 0.5) is 11.6 Å². The second-order valence-corrected chi connectivity index (χ2v) is 4.17. The van der Waals surface area contributed by atoms with Crippen molar-refractivity contribution in [2.75, 3.05) is 5.43 Å². The molecule has 104 valence electrons. The molecule has 0 aliphatic carbocycles. The van der Waals surface area contributed by atoms with Crippen LogP contribution in [0.2, 0.25) is 5.02 Å². The molecule has 0 unspecified atom stereocenters. The van der Waals surface area contributed by atoms with E-state index in [-0.39, 0.29) is 28.3 Å². The average molecular weight is 296 g/mol. The number of hydrogen-bond acceptors (Lipinski definition) is 7. The molecular weight excluding hydrogens is 286 g/mol. The number of rotatable bonds is 4. The smallest absolute Gasteiger partial charge is 0.313 e. The second kappa shape index (κ2) is 5.68. The van der Waals surface area contributed by atoms with Crippen molar-refractivity contribution in [3.05, 3.63) is 45.1 Å². The zero-order valence-corrected chi connectivity index (χ0v) is 11.1. The molecule has 1 aromatic heterocycles. The maximum Gasteiger partial charge on any atom is 0.313 e. The first-order valence-electron chi connectivity index (χ1n) is 5.44. The minimum absolute atomic E-state index is 0.0831. The number of para-hydroxylation sites is 1. The van der Waals surface area contributed by atoms with Crippen LogP contribution in [0.15, 0.2) is 24.3 Å². The van der Waals surface area contributed by atoms with Crippen LogP contribution in [0.1, 0.15) is 5.69 Å². The van der Waals surface area contributed by atoms with Gasteiger partial charge in [0.25, 0.3) is 0 Å². The Morgan fingerprint density at radius 3 is 2.85 bits per heavy atom. The molecule has 0 amide bonds. The van der Waals surface area contributed by atoms with Gasteiger partial charge in [0.1, 0.15) is 0 Å². The van der Waals surface area contributed by atoms with Gasteiger partial charge >= 0.3 is 5.69 Å². The van der Waals surface area contributed by atoms with Gasteiger partial charge in [0.2, 0.25) is 17.6 Å². The Kier molecular flexibility index (Phi) is 3.97. The molecule has 0 radical (unpaired) electrons. The largest absolute Gasteiger partial charge is 0.430 e. The summed E-state index contributed by atoms with van der Waals surface area (Å²) in [7, 11) is 0. The molecule has 0 saturated carbocycles. The average Bonchev–Trinajstić information content (AvgIpc) is 2.40. The fourth-order valence-electron chi connectivity index (χ4n) is 1.50. The molecule has 3 N–H and O–H groups in total. The van der Waals surface area contributed by atoms with E-state index in [1.165, 1.54) is 24.3 Å². The van der Waals surface area contributed by atoms with E-state index in [2.05, 4.69) is 15.4 Å². The van der Waals surface area contributed by atoms with Gasteiger partial charge in [0, 0.05) is 17.8 Å². The van der Waals surface area contributed by atoms with Crippen molar-refractivity contribution >= 4 is 23.2 Å². The van der Waals surface area contributed by atoms with Crippen LogP contribution in [-0.2, 0) is 0 Å². The highest BCUT2D eigenvalue weighted by molar-refractivity contribution is 6.32. The van der Waals surface area contributed by atoms with Crippen molar-refractivity contribution in [3.63, 3.8) is 0 Å². The first-order valence-corrected chi connectivity index (χ1v) is 5.82. The van der Waals surface area contributed by atoms with Crippen molar-refractivity contribution in [2.45, 2.75) is 6.92 Å². The molecule has 1 aromatic carbocycles. The molecule has 0 aliphatic heterocycles. The van der Waals surface area contributed by atoms with Crippen molar-refractivity contribution < 1.29 is 9.66 Å². The van der Waals surface area contributed by atoms with E-state index >= 15 is 0 Å². The summed E-state index contributed by atoms with van der Waals surface area (Å²) in [4.78, 5) is 18.3. The van der Waals surface area contributed by atoms with Crippen molar-refractivity contribution in [1.82, 2.24) is 9.97 Å². The molecule has 20 heavy (non-hydrogen) atoms. The molecule has 0 saturated heterocycles. The summed E-state index contributed by atoms with van der Waals surface area (Å²) in [6, 6.07) is 5.75. The number of nitrogens with one attached hydrogen (secondary N) is 1. The number of hydrogen-bond donors (Lipinski definition) is 2. The number of benzene rings is 1. The monoisotopic (exact) mass is 295 g/mol. The molecule has 2 aromatic rings. The van der Waals surface area contributed by atoms with Crippen LogP contribution < -0.4 is 16.0 Å². The molecule has 0 spiro atoms. The maximum atomic E-state index is 11.0. The lowest BCUT2D eigenvalue weighted by Gasteiger charge is -2.08. The minimum Gasteiger partial charge on any atom is -0.430 e. The molecular formula is C11H10ClN5O3. The summed E-state index contributed by atoms with van der Waals surface area (Å²) in [5.41, 5.74) is 2.60. The quantitative estimate of drug-likeness (QED) is 0.505. The van der Waals surface area contributed by atoms with Gasteiger partial charge in [0.05, 0.1) is 9.95 Å².